The highest BCUT2D eigenvalue weighted by atomic mass is 16.3. The van der Waals surface area contributed by atoms with E-state index in [4.69, 9.17) is 4.42 Å². The molecule has 0 fully saturated rings. The Bertz CT molecular complexity index is 896. The summed E-state index contributed by atoms with van der Waals surface area (Å²) in [7, 11) is 0. The van der Waals surface area contributed by atoms with Crippen LogP contribution in [0.3, 0.4) is 0 Å². The van der Waals surface area contributed by atoms with Gasteiger partial charge in [0.25, 0.3) is 11.9 Å². The molecule has 1 amide bonds. The Morgan fingerprint density at radius 3 is 2.83 bits per heavy atom. The van der Waals surface area contributed by atoms with Crippen LogP contribution in [-0.4, -0.2) is 20.7 Å². The van der Waals surface area contributed by atoms with Crippen molar-refractivity contribution >= 4 is 17.8 Å². The van der Waals surface area contributed by atoms with Gasteiger partial charge in [-0.05, 0) is 30.7 Å². The van der Waals surface area contributed by atoms with Gasteiger partial charge in [0.2, 0.25) is 5.95 Å². The van der Waals surface area contributed by atoms with Crippen LogP contribution in [0.4, 0.5) is 11.9 Å². The maximum atomic E-state index is 12.1. The lowest BCUT2D eigenvalue weighted by atomic mass is 10.1. The van der Waals surface area contributed by atoms with Crippen molar-refractivity contribution in [3.05, 3.63) is 71.8 Å². The molecule has 0 spiro atoms. The van der Waals surface area contributed by atoms with E-state index in [1.165, 1.54) is 6.26 Å². The number of benzene rings is 1. The van der Waals surface area contributed by atoms with Crippen molar-refractivity contribution in [1.82, 2.24) is 14.8 Å². The van der Waals surface area contributed by atoms with E-state index in [-0.39, 0.29) is 23.7 Å². The molecule has 1 atom stereocenters. The fraction of sp³-hybridized carbons (Fsp3) is 0.118. The summed E-state index contributed by atoms with van der Waals surface area (Å²) in [5.74, 6) is 0.634. The Kier molecular flexibility index (Phi) is 3.38. The smallest absolute Gasteiger partial charge is 0.293 e. The van der Waals surface area contributed by atoms with Crippen LogP contribution < -0.4 is 10.6 Å². The second-order valence-electron chi connectivity index (χ2n) is 5.47. The van der Waals surface area contributed by atoms with E-state index in [0.717, 1.165) is 11.3 Å². The molecule has 0 radical (unpaired) electrons. The predicted molar refractivity (Wildman–Crippen MR) is 88.6 cm³/mol. The Hall–Kier alpha value is -3.35. The largest absolute Gasteiger partial charge is 0.459 e. The van der Waals surface area contributed by atoms with Gasteiger partial charge in [0.1, 0.15) is 6.04 Å². The normalized spacial score (nSPS) is 16.0. The van der Waals surface area contributed by atoms with Gasteiger partial charge in [-0.1, -0.05) is 30.3 Å². The summed E-state index contributed by atoms with van der Waals surface area (Å²) in [5, 5.41) is 10.2. The van der Waals surface area contributed by atoms with E-state index in [9.17, 15) is 4.79 Å². The highest BCUT2D eigenvalue weighted by Gasteiger charge is 2.24. The number of amides is 1. The van der Waals surface area contributed by atoms with E-state index in [1.54, 1.807) is 16.8 Å². The molecule has 2 aromatic heterocycles. The third-order valence-corrected chi connectivity index (χ3v) is 3.72. The number of fused-ring (bicyclic) bond motifs is 1. The summed E-state index contributed by atoms with van der Waals surface area (Å²) in [6.07, 6.45) is 3.51. The van der Waals surface area contributed by atoms with Crippen LogP contribution in [0.15, 0.2) is 64.9 Å². The Morgan fingerprint density at radius 1 is 1.25 bits per heavy atom. The van der Waals surface area contributed by atoms with E-state index in [2.05, 4.69) is 26.8 Å². The summed E-state index contributed by atoms with van der Waals surface area (Å²) in [6, 6.07) is 13.2. The molecule has 0 bridgehead atoms. The minimum atomic E-state index is -0.385. The first-order chi connectivity index (χ1) is 11.7. The van der Waals surface area contributed by atoms with Crippen molar-refractivity contribution in [2.24, 2.45) is 0 Å². The van der Waals surface area contributed by atoms with Gasteiger partial charge >= 0.3 is 0 Å². The fourth-order valence-electron chi connectivity index (χ4n) is 2.64. The molecule has 4 rings (SSSR count). The summed E-state index contributed by atoms with van der Waals surface area (Å²) in [4.78, 5) is 16.4. The van der Waals surface area contributed by atoms with E-state index < -0.39 is 0 Å². The average molecular weight is 321 g/mol. The predicted octanol–water partition coefficient (Wildman–Crippen LogP) is 3.04. The summed E-state index contributed by atoms with van der Waals surface area (Å²) >= 11 is 0. The summed E-state index contributed by atoms with van der Waals surface area (Å²) in [6.45, 7) is 1.97. The first kappa shape index (κ1) is 14.3. The van der Waals surface area contributed by atoms with Crippen LogP contribution in [0.2, 0.25) is 0 Å². The second-order valence-corrected chi connectivity index (χ2v) is 5.47. The molecular formula is C17H15N5O2. The quantitative estimate of drug-likeness (QED) is 0.774. The maximum absolute atomic E-state index is 12.1. The van der Waals surface area contributed by atoms with Gasteiger partial charge in [0.15, 0.2) is 5.76 Å². The Balaban J connectivity index is 1.65. The maximum Gasteiger partial charge on any atom is 0.293 e. The average Bonchev–Trinajstić information content (AvgIpc) is 3.24. The highest BCUT2D eigenvalue weighted by Crippen LogP contribution is 2.29. The molecule has 24 heavy (non-hydrogen) atoms. The van der Waals surface area contributed by atoms with Gasteiger partial charge in [0.05, 0.1) is 6.26 Å². The van der Waals surface area contributed by atoms with Gasteiger partial charge < -0.3 is 9.73 Å². The van der Waals surface area contributed by atoms with Gasteiger partial charge in [-0.25, -0.2) is 4.68 Å². The summed E-state index contributed by atoms with van der Waals surface area (Å²) in [5.41, 5.74) is 2.07. The molecule has 7 nitrogen and oxygen atoms in total. The third-order valence-electron chi connectivity index (χ3n) is 3.72. The standard InChI is InChI=1S/C17H15N5O2/c1-11-10-13(12-6-3-2-4-7-12)22-17(18-11)20-16(21-22)19-15(23)14-8-5-9-24-14/h2-10,13H,1H3,(H2,18,19,20,21,23). The zero-order chi connectivity index (χ0) is 16.5. The van der Waals surface area contributed by atoms with E-state index in [1.807, 2.05) is 37.3 Å². The Morgan fingerprint density at radius 2 is 2.08 bits per heavy atom. The molecular weight excluding hydrogens is 306 g/mol. The molecule has 3 aromatic rings. The molecule has 1 unspecified atom stereocenters. The van der Waals surface area contributed by atoms with Crippen molar-refractivity contribution in [2.75, 3.05) is 10.6 Å². The number of nitrogens with zero attached hydrogens (tertiary/aromatic N) is 3. The van der Waals surface area contributed by atoms with Gasteiger partial charge in [-0.2, -0.15) is 4.98 Å². The topological polar surface area (TPSA) is 85.0 Å². The first-order valence-corrected chi connectivity index (χ1v) is 7.52. The summed E-state index contributed by atoms with van der Waals surface area (Å²) < 4.78 is 6.83. The number of carbonyl (C=O) groups excluding carboxylic acids is 1. The molecule has 1 aliphatic heterocycles. The minimum Gasteiger partial charge on any atom is -0.459 e. The molecule has 2 N–H and O–H groups in total. The highest BCUT2D eigenvalue weighted by molar-refractivity contribution is 6.01. The van der Waals surface area contributed by atoms with Crippen LogP contribution in [0.5, 0.6) is 0 Å². The zero-order valence-corrected chi connectivity index (χ0v) is 12.9. The number of aromatic nitrogens is 3. The van der Waals surface area contributed by atoms with Crippen LogP contribution >= 0.6 is 0 Å². The first-order valence-electron chi connectivity index (χ1n) is 7.52. The monoisotopic (exact) mass is 321 g/mol. The third kappa shape index (κ3) is 2.56. The van der Waals surface area contributed by atoms with Crippen LogP contribution in [-0.2, 0) is 0 Å². The van der Waals surface area contributed by atoms with Crippen molar-refractivity contribution in [1.29, 1.82) is 0 Å². The van der Waals surface area contributed by atoms with Gasteiger partial charge in [-0.15, -0.1) is 5.10 Å². The number of carbonyl (C=O) groups is 1. The molecule has 0 saturated heterocycles. The number of furan rings is 1. The fourth-order valence-corrected chi connectivity index (χ4v) is 2.64. The molecule has 0 aliphatic carbocycles. The number of rotatable bonds is 3. The number of nitrogens with one attached hydrogen (secondary N) is 2. The molecule has 120 valence electrons. The molecule has 1 aromatic carbocycles. The second kappa shape index (κ2) is 5.69. The molecule has 0 saturated carbocycles. The van der Waals surface area contributed by atoms with Gasteiger partial charge in [0, 0.05) is 5.70 Å². The van der Waals surface area contributed by atoms with Gasteiger partial charge in [-0.3, -0.25) is 10.1 Å². The van der Waals surface area contributed by atoms with Crippen molar-refractivity contribution in [2.45, 2.75) is 13.0 Å². The number of hydrogen-bond donors (Lipinski definition) is 2. The van der Waals surface area contributed by atoms with Crippen molar-refractivity contribution in [3.8, 4) is 0 Å². The van der Waals surface area contributed by atoms with Crippen LogP contribution in [0.25, 0.3) is 0 Å². The molecule has 7 heteroatoms. The van der Waals surface area contributed by atoms with Crippen LogP contribution in [0.1, 0.15) is 29.1 Å². The number of allylic oxidation sites excluding steroid dienone is 2. The lowest BCUT2D eigenvalue weighted by Gasteiger charge is -2.22. The van der Waals surface area contributed by atoms with E-state index in [0.29, 0.717) is 5.95 Å². The Labute approximate surface area is 138 Å². The van der Waals surface area contributed by atoms with E-state index >= 15 is 0 Å². The molecule has 3 heterocycles. The zero-order valence-electron chi connectivity index (χ0n) is 12.9. The molecule has 1 aliphatic rings. The SMILES string of the molecule is CC1=CC(c2ccccc2)n2nc(NC(=O)c3ccco3)nc2N1. The van der Waals surface area contributed by atoms with Crippen molar-refractivity contribution < 1.29 is 9.21 Å². The lowest BCUT2D eigenvalue weighted by molar-refractivity contribution is 0.0996. The lowest BCUT2D eigenvalue weighted by Crippen LogP contribution is -2.19. The number of anilines is 2. The van der Waals surface area contributed by atoms with Crippen LogP contribution in [0, 0.1) is 0 Å². The number of hydrogen-bond acceptors (Lipinski definition) is 5. The van der Waals surface area contributed by atoms with Crippen molar-refractivity contribution in [3.63, 3.8) is 0 Å². The minimum absolute atomic E-state index is 0.0794.